The van der Waals surface area contributed by atoms with Gasteiger partial charge in [-0.25, -0.2) is 4.98 Å². The molecule has 1 aromatic heterocycles. The SMILES string of the molecule is CC(NCCCSc1nc2ccccc2c(=O)[nH]1)C(O)c1ccccc1. The van der Waals surface area contributed by atoms with Crippen molar-refractivity contribution in [2.75, 3.05) is 12.3 Å². The zero-order valence-corrected chi connectivity index (χ0v) is 15.5. The fourth-order valence-electron chi connectivity index (χ4n) is 2.75. The van der Waals surface area contributed by atoms with Crippen molar-refractivity contribution < 1.29 is 5.11 Å². The first-order valence-electron chi connectivity index (χ1n) is 8.73. The van der Waals surface area contributed by atoms with E-state index in [0.717, 1.165) is 29.8 Å². The summed E-state index contributed by atoms with van der Waals surface area (Å²) in [4.78, 5) is 19.3. The number of aromatic nitrogens is 2. The molecule has 2 unspecified atom stereocenters. The van der Waals surface area contributed by atoms with Crippen LogP contribution < -0.4 is 10.9 Å². The largest absolute Gasteiger partial charge is 0.387 e. The zero-order chi connectivity index (χ0) is 18.4. The molecule has 2 aromatic carbocycles. The molecule has 6 heteroatoms. The van der Waals surface area contributed by atoms with E-state index in [1.807, 2.05) is 55.5 Å². The molecule has 0 saturated carbocycles. The second kappa shape index (κ2) is 8.98. The van der Waals surface area contributed by atoms with Crippen LogP contribution in [0.4, 0.5) is 0 Å². The van der Waals surface area contributed by atoms with Crippen molar-refractivity contribution in [2.45, 2.75) is 30.6 Å². The Kier molecular flexibility index (Phi) is 6.44. The number of aliphatic hydroxyl groups excluding tert-OH is 1. The lowest BCUT2D eigenvalue weighted by Crippen LogP contribution is -2.33. The normalized spacial score (nSPS) is 13.6. The Labute approximate surface area is 156 Å². The quantitative estimate of drug-likeness (QED) is 0.323. The molecule has 0 saturated heterocycles. The minimum atomic E-state index is -0.526. The maximum atomic E-state index is 12.0. The van der Waals surface area contributed by atoms with Crippen molar-refractivity contribution in [1.29, 1.82) is 0 Å². The highest BCUT2D eigenvalue weighted by Gasteiger charge is 2.15. The Hall–Kier alpha value is -2.15. The number of nitrogens with one attached hydrogen (secondary N) is 2. The lowest BCUT2D eigenvalue weighted by molar-refractivity contribution is 0.136. The molecule has 3 N–H and O–H groups in total. The Balaban J connectivity index is 1.45. The smallest absolute Gasteiger partial charge is 0.259 e. The number of H-pyrrole nitrogens is 1. The number of fused-ring (bicyclic) bond motifs is 1. The van der Waals surface area contributed by atoms with Gasteiger partial charge in [-0.1, -0.05) is 54.2 Å². The molecule has 1 heterocycles. The summed E-state index contributed by atoms with van der Waals surface area (Å²) in [7, 11) is 0. The van der Waals surface area contributed by atoms with Crippen LogP contribution in [0.1, 0.15) is 25.0 Å². The van der Waals surface area contributed by atoms with Crippen LogP contribution in [0.15, 0.2) is 64.5 Å². The first-order chi connectivity index (χ1) is 12.6. The molecular weight excluding hydrogens is 346 g/mol. The molecule has 0 fully saturated rings. The Morgan fingerprint density at radius 2 is 1.88 bits per heavy atom. The second-order valence-corrected chi connectivity index (χ2v) is 7.27. The van der Waals surface area contributed by atoms with Crippen molar-refractivity contribution in [3.63, 3.8) is 0 Å². The molecule has 3 aromatic rings. The van der Waals surface area contributed by atoms with Gasteiger partial charge < -0.3 is 15.4 Å². The van der Waals surface area contributed by atoms with Crippen LogP contribution in [-0.2, 0) is 0 Å². The molecule has 0 spiro atoms. The van der Waals surface area contributed by atoms with Crippen molar-refractivity contribution in [2.24, 2.45) is 0 Å². The van der Waals surface area contributed by atoms with Crippen LogP contribution in [-0.4, -0.2) is 33.4 Å². The monoisotopic (exact) mass is 369 g/mol. The molecule has 3 rings (SSSR count). The number of benzene rings is 2. The number of nitrogens with zero attached hydrogens (tertiary/aromatic N) is 1. The first-order valence-corrected chi connectivity index (χ1v) is 9.72. The maximum absolute atomic E-state index is 12.0. The van der Waals surface area contributed by atoms with Gasteiger partial charge in [0, 0.05) is 11.8 Å². The number of hydrogen-bond donors (Lipinski definition) is 3. The van der Waals surface area contributed by atoms with E-state index in [1.54, 1.807) is 6.07 Å². The summed E-state index contributed by atoms with van der Waals surface area (Å²) in [6.45, 7) is 2.77. The second-order valence-electron chi connectivity index (χ2n) is 6.19. The van der Waals surface area contributed by atoms with E-state index in [2.05, 4.69) is 15.3 Å². The molecule has 2 atom stereocenters. The summed E-state index contributed by atoms with van der Waals surface area (Å²) in [5, 5.41) is 14.9. The molecule has 136 valence electrons. The Morgan fingerprint density at radius 1 is 1.15 bits per heavy atom. The van der Waals surface area contributed by atoms with E-state index >= 15 is 0 Å². The summed E-state index contributed by atoms with van der Waals surface area (Å²) in [5.41, 5.74) is 1.53. The molecule has 0 radical (unpaired) electrons. The third-order valence-corrected chi connectivity index (χ3v) is 5.19. The third-order valence-electron chi connectivity index (χ3n) is 4.23. The molecule has 0 amide bonds. The van der Waals surface area contributed by atoms with Crippen molar-refractivity contribution in [1.82, 2.24) is 15.3 Å². The number of para-hydroxylation sites is 1. The van der Waals surface area contributed by atoms with Crippen LogP contribution in [0.25, 0.3) is 10.9 Å². The molecular formula is C20H23N3O2S. The Morgan fingerprint density at radius 3 is 2.69 bits per heavy atom. The van der Waals surface area contributed by atoms with Crippen molar-refractivity contribution >= 4 is 22.7 Å². The molecule has 5 nitrogen and oxygen atoms in total. The van der Waals surface area contributed by atoms with Gasteiger partial charge in [-0.15, -0.1) is 0 Å². The molecule has 0 aliphatic rings. The zero-order valence-electron chi connectivity index (χ0n) is 14.7. The summed E-state index contributed by atoms with van der Waals surface area (Å²) in [6, 6.07) is 17.0. The average molecular weight is 369 g/mol. The lowest BCUT2D eigenvalue weighted by atomic mass is 10.0. The van der Waals surface area contributed by atoms with Gasteiger partial charge in [0.25, 0.3) is 5.56 Å². The predicted octanol–water partition coefficient (Wildman–Crippen LogP) is 3.12. The minimum Gasteiger partial charge on any atom is -0.387 e. The number of hydrogen-bond acceptors (Lipinski definition) is 5. The van der Waals surface area contributed by atoms with Crippen LogP contribution >= 0.6 is 11.8 Å². The predicted molar refractivity (Wildman–Crippen MR) is 107 cm³/mol. The first kappa shape index (κ1) is 18.6. The van der Waals surface area contributed by atoms with E-state index in [4.69, 9.17) is 0 Å². The van der Waals surface area contributed by atoms with E-state index in [1.165, 1.54) is 11.8 Å². The highest BCUT2D eigenvalue weighted by Crippen LogP contribution is 2.17. The highest BCUT2D eigenvalue weighted by atomic mass is 32.2. The van der Waals surface area contributed by atoms with Gasteiger partial charge in [-0.2, -0.15) is 0 Å². The average Bonchev–Trinajstić information content (AvgIpc) is 2.67. The highest BCUT2D eigenvalue weighted by molar-refractivity contribution is 7.99. The topological polar surface area (TPSA) is 78.0 Å². The number of aromatic amines is 1. The standard InChI is InChI=1S/C20H23N3O2S/c1-14(18(24)15-8-3-2-4-9-15)21-12-7-13-26-20-22-17-11-6-5-10-16(17)19(25)23-20/h2-6,8-11,14,18,21,24H,7,12-13H2,1H3,(H,22,23,25). The van der Waals surface area contributed by atoms with Crippen molar-refractivity contribution in [3.05, 3.63) is 70.5 Å². The van der Waals surface area contributed by atoms with Gasteiger partial charge in [0.15, 0.2) is 5.16 Å². The summed E-state index contributed by atoms with van der Waals surface area (Å²) < 4.78 is 0. The van der Waals surface area contributed by atoms with Crippen LogP contribution in [0.3, 0.4) is 0 Å². The van der Waals surface area contributed by atoms with E-state index < -0.39 is 6.10 Å². The van der Waals surface area contributed by atoms with Crippen LogP contribution in [0.5, 0.6) is 0 Å². The van der Waals surface area contributed by atoms with Gasteiger partial charge in [-0.05, 0) is 37.6 Å². The van der Waals surface area contributed by atoms with Crippen molar-refractivity contribution in [3.8, 4) is 0 Å². The third kappa shape index (κ3) is 4.72. The van der Waals surface area contributed by atoms with Gasteiger partial charge in [0.2, 0.25) is 0 Å². The number of aliphatic hydroxyl groups is 1. The number of rotatable bonds is 8. The summed E-state index contributed by atoms with van der Waals surface area (Å²) in [6.07, 6.45) is 0.384. The Bertz CT molecular complexity index is 898. The fourth-order valence-corrected chi connectivity index (χ4v) is 3.56. The molecule has 0 aliphatic heterocycles. The van der Waals surface area contributed by atoms with Gasteiger partial charge in [0.1, 0.15) is 0 Å². The molecule has 26 heavy (non-hydrogen) atoms. The van der Waals surface area contributed by atoms with Crippen LogP contribution in [0, 0.1) is 0 Å². The minimum absolute atomic E-state index is 0.0269. The molecule has 0 bridgehead atoms. The van der Waals surface area contributed by atoms with E-state index in [-0.39, 0.29) is 11.6 Å². The van der Waals surface area contributed by atoms with Crippen LogP contribution in [0.2, 0.25) is 0 Å². The van der Waals surface area contributed by atoms with Gasteiger partial charge in [-0.3, -0.25) is 4.79 Å². The molecule has 0 aliphatic carbocycles. The van der Waals surface area contributed by atoms with E-state index in [9.17, 15) is 9.90 Å². The van der Waals surface area contributed by atoms with Gasteiger partial charge >= 0.3 is 0 Å². The fraction of sp³-hybridized carbons (Fsp3) is 0.300. The lowest BCUT2D eigenvalue weighted by Gasteiger charge is -2.20. The summed E-state index contributed by atoms with van der Waals surface area (Å²) >= 11 is 1.54. The van der Waals surface area contributed by atoms with Gasteiger partial charge in [0.05, 0.1) is 17.0 Å². The van der Waals surface area contributed by atoms with E-state index in [0.29, 0.717) is 10.5 Å². The number of thioether (sulfide) groups is 1. The summed E-state index contributed by atoms with van der Waals surface area (Å²) in [5.74, 6) is 0.836. The maximum Gasteiger partial charge on any atom is 0.259 e.